The molecule has 1 unspecified atom stereocenters. The van der Waals surface area contributed by atoms with Crippen LogP contribution in [0.5, 0.6) is 0 Å². The van der Waals surface area contributed by atoms with Crippen LogP contribution >= 0.6 is 0 Å². The Balaban J connectivity index is 2.45. The van der Waals surface area contributed by atoms with E-state index >= 15 is 0 Å². The molecule has 0 radical (unpaired) electrons. The molecule has 1 fully saturated rings. The lowest BCUT2D eigenvalue weighted by molar-refractivity contribution is -0.133. The van der Waals surface area contributed by atoms with Gasteiger partial charge >= 0.3 is 0 Å². The summed E-state index contributed by atoms with van der Waals surface area (Å²) >= 11 is 0. The summed E-state index contributed by atoms with van der Waals surface area (Å²) in [6, 6.07) is 0.0912. The first kappa shape index (κ1) is 14.5. The minimum atomic E-state index is -0.201. The number of carbonyl (C=O) groups is 1. The Morgan fingerprint density at radius 1 is 1.47 bits per heavy atom. The first-order valence-corrected chi connectivity index (χ1v) is 6.54. The average molecular weight is 242 g/mol. The Labute approximate surface area is 105 Å². The normalized spacial score (nSPS) is 22.1. The van der Waals surface area contributed by atoms with Gasteiger partial charge in [0.05, 0.1) is 6.61 Å². The molecule has 1 heterocycles. The Morgan fingerprint density at radius 2 is 2.06 bits per heavy atom. The topological polar surface area (TPSA) is 41.6 Å². The van der Waals surface area contributed by atoms with Gasteiger partial charge in [0, 0.05) is 18.6 Å². The number of ether oxygens (including phenoxy) is 1. The molecule has 0 bridgehead atoms. The molecule has 4 nitrogen and oxygen atoms in total. The van der Waals surface area contributed by atoms with Crippen molar-refractivity contribution >= 4 is 5.91 Å². The third-order valence-electron chi connectivity index (χ3n) is 3.75. The summed E-state index contributed by atoms with van der Waals surface area (Å²) in [5.41, 5.74) is -0.201. The Morgan fingerprint density at radius 3 is 2.53 bits per heavy atom. The third kappa shape index (κ3) is 3.96. The number of hydrogen-bond acceptors (Lipinski definition) is 3. The van der Waals surface area contributed by atoms with Gasteiger partial charge in [-0.2, -0.15) is 0 Å². The van der Waals surface area contributed by atoms with Gasteiger partial charge in [-0.25, -0.2) is 0 Å². The van der Waals surface area contributed by atoms with E-state index in [1.165, 1.54) is 0 Å². The fourth-order valence-corrected chi connectivity index (χ4v) is 2.28. The smallest absolute Gasteiger partial charge is 0.226 e. The molecule has 1 atom stereocenters. The van der Waals surface area contributed by atoms with Crippen molar-refractivity contribution in [3.63, 3.8) is 0 Å². The Hall–Kier alpha value is -0.610. The third-order valence-corrected chi connectivity index (χ3v) is 3.75. The number of likely N-dealkylation sites (tertiary alicyclic amines) is 1. The zero-order valence-corrected chi connectivity index (χ0v) is 11.6. The van der Waals surface area contributed by atoms with E-state index < -0.39 is 0 Å². The number of hydrogen-bond donors (Lipinski definition) is 1. The minimum absolute atomic E-state index is 0.0912. The Bertz CT molecular complexity index is 248. The van der Waals surface area contributed by atoms with E-state index in [1.807, 2.05) is 6.92 Å². The van der Waals surface area contributed by atoms with Crippen LogP contribution in [0.1, 0.15) is 33.6 Å². The largest absolute Gasteiger partial charge is 0.383 e. The predicted molar refractivity (Wildman–Crippen MR) is 68.9 cm³/mol. The summed E-state index contributed by atoms with van der Waals surface area (Å²) in [5, 5.41) is 3.04. The van der Waals surface area contributed by atoms with Crippen LogP contribution in [0.3, 0.4) is 0 Å². The minimum Gasteiger partial charge on any atom is -0.383 e. The van der Waals surface area contributed by atoms with Crippen molar-refractivity contribution in [3.05, 3.63) is 0 Å². The maximum atomic E-state index is 12.2. The number of nitrogens with zero attached hydrogens (tertiary/aromatic N) is 1. The molecule has 0 aromatic heterocycles. The lowest BCUT2D eigenvalue weighted by Gasteiger charge is -2.38. The zero-order chi connectivity index (χ0) is 12.9. The second-order valence-electron chi connectivity index (χ2n) is 5.32. The molecule has 17 heavy (non-hydrogen) atoms. The van der Waals surface area contributed by atoms with Crippen LogP contribution in [0.4, 0.5) is 0 Å². The van der Waals surface area contributed by atoms with Gasteiger partial charge in [0.15, 0.2) is 0 Å². The fraction of sp³-hybridized carbons (Fsp3) is 0.923. The highest BCUT2D eigenvalue weighted by molar-refractivity contribution is 5.82. The molecule has 1 saturated heterocycles. The lowest BCUT2D eigenvalue weighted by Crippen LogP contribution is -2.49. The molecule has 1 aliphatic rings. The van der Waals surface area contributed by atoms with Crippen LogP contribution in [0.25, 0.3) is 0 Å². The number of carbonyl (C=O) groups excluding carboxylic acids is 1. The van der Waals surface area contributed by atoms with E-state index in [0.29, 0.717) is 6.61 Å². The monoisotopic (exact) mass is 242 g/mol. The van der Waals surface area contributed by atoms with Gasteiger partial charge in [-0.15, -0.1) is 0 Å². The van der Waals surface area contributed by atoms with E-state index in [9.17, 15) is 4.79 Å². The summed E-state index contributed by atoms with van der Waals surface area (Å²) in [4.78, 5) is 14.6. The second-order valence-corrected chi connectivity index (χ2v) is 5.32. The van der Waals surface area contributed by atoms with Crippen molar-refractivity contribution in [3.8, 4) is 0 Å². The molecule has 1 N–H and O–H groups in total. The van der Waals surface area contributed by atoms with Crippen molar-refractivity contribution in [2.45, 2.75) is 39.7 Å². The van der Waals surface area contributed by atoms with Crippen molar-refractivity contribution in [1.82, 2.24) is 10.2 Å². The number of methoxy groups -OCH3 is 1. The average Bonchev–Trinajstić information content (AvgIpc) is 2.30. The van der Waals surface area contributed by atoms with E-state index in [-0.39, 0.29) is 17.4 Å². The second kappa shape index (κ2) is 6.36. The van der Waals surface area contributed by atoms with Crippen LogP contribution in [0.2, 0.25) is 0 Å². The highest BCUT2D eigenvalue weighted by atomic mass is 16.5. The predicted octanol–water partition coefficient (Wildman–Crippen LogP) is 1.26. The fourth-order valence-electron chi connectivity index (χ4n) is 2.28. The Kier molecular flexibility index (Phi) is 5.40. The van der Waals surface area contributed by atoms with Gasteiger partial charge in [-0.3, -0.25) is 4.79 Å². The zero-order valence-electron chi connectivity index (χ0n) is 11.6. The molecule has 0 aromatic rings. The van der Waals surface area contributed by atoms with Gasteiger partial charge in [0.2, 0.25) is 5.91 Å². The molecule has 100 valence electrons. The van der Waals surface area contributed by atoms with Gasteiger partial charge in [0.25, 0.3) is 0 Å². The number of amides is 1. The molecule has 0 spiro atoms. The molecule has 1 aliphatic heterocycles. The number of nitrogens with one attached hydrogen (secondary N) is 1. The highest BCUT2D eigenvalue weighted by Gasteiger charge is 2.36. The SMILES string of the molecule is CCN1CCC(C)(C(=O)NC(C)COC)CC1. The quantitative estimate of drug-likeness (QED) is 0.789. The number of piperidine rings is 1. The first-order valence-electron chi connectivity index (χ1n) is 6.54. The van der Waals surface area contributed by atoms with Crippen LogP contribution < -0.4 is 5.32 Å². The molecular formula is C13H26N2O2. The van der Waals surface area contributed by atoms with Gasteiger partial charge in [-0.1, -0.05) is 13.8 Å². The standard InChI is InChI=1S/C13H26N2O2/c1-5-15-8-6-13(3,7-9-15)12(16)14-11(2)10-17-4/h11H,5-10H2,1-4H3,(H,14,16). The molecule has 1 rings (SSSR count). The lowest BCUT2D eigenvalue weighted by atomic mass is 9.79. The molecule has 0 aliphatic carbocycles. The van der Waals surface area contributed by atoms with Gasteiger partial charge < -0.3 is 15.0 Å². The van der Waals surface area contributed by atoms with Crippen molar-refractivity contribution in [1.29, 1.82) is 0 Å². The number of rotatable bonds is 5. The highest BCUT2D eigenvalue weighted by Crippen LogP contribution is 2.31. The maximum Gasteiger partial charge on any atom is 0.226 e. The van der Waals surface area contributed by atoms with Crippen molar-refractivity contribution in [2.75, 3.05) is 33.4 Å². The summed E-state index contributed by atoms with van der Waals surface area (Å²) in [7, 11) is 1.66. The summed E-state index contributed by atoms with van der Waals surface area (Å²) in [6.07, 6.45) is 1.90. The van der Waals surface area contributed by atoms with Crippen LogP contribution in [-0.4, -0.2) is 50.2 Å². The summed E-state index contributed by atoms with van der Waals surface area (Å²) in [6.45, 7) is 9.93. The van der Waals surface area contributed by atoms with E-state index in [2.05, 4.69) is 24.1 Å². The van der Waals surface area contributed by atoms with Gasteiger partial charge in [-0.05, 0) is 39.4 Å². The van der Waals surface area contributed by atoms with Crippen LogP contribution in [0.15, 0.2) is 0 Å². The first-order chi connectivity index (χ1) is 8.01. The molecule has 0 aromatic carbocycles. The maximum absolute atomic E-state index is 12.2. The molecule has 4 heteroatoms. The van der Waals surface area contributed by atoms with Crippen molar-refractivity contribution in [2.24, 2.45) is 5.41 Å². The summed E-state index contributed by atoms with van der Waals surface area (Å²) in [5.74, 6) is 0.179. The van der Waals surface area contributed by atoms with Crippen molar-refractivity contribution < 1.29 is 9.53 Å². The summed E-state index contributed by atoms with van der Waals surface area (Å²) < 4.78 is 5.04. The van der Waals surface area contributed by atoms with Crippen LogP contribution in [0, 0.1) is 5.41 Å². The van der Waals surface area contributed by atoms with E-state index in [1.54, 1.807) is 7.11 Å². The van der Waals surface area contributed by atoms with Gasteiger partial charge in [0.1, 0.15) is 0 Å². The van der Waals surface area contributed by atoms with Crippen LogP contribution in [-0.2, 0) is 9.53 Å². The molecular weight excluding hydrogens is 216 g/mol. The van der Waals surface area contributed by atoms with E-state index in [4.69, 9.17) is 4.74 Å². The molecule has 0 saturated carbocycles. The molecule has 1 amide bonds. The van der Waals surface area contributed by atoms with E-state index in [0.717, 1.165) is 32.5 Å².